The highest BCUT2D eigenvalue weighted by Crippen LogP contribution is 2.37. The van der Waals surface area contributed by atoms with Gasteiger partial charge in [-0.2, -0.15) is 0 Å². The number of rotatable bonds is 3. The van der Waals surface area contributed by atoms with Crippen molar-refractivity contribution in [3.05, 3.63) is 28.2 Å². The van der Waals surface area contributed by atoms with Crippen LogP contribution < -0.4 is 11.1 Å². The third-order valence-corrected chi connectivity index (χ3v) is 5.63. The second-order valence-corrected chi connectivity index (χ2v) is 7.02. The summed E-state index contributed by atoms with van der Waals surface area (Å²) in [5.41, 5.74) is 7.09. The fourth-order valence-corrected chi connectivity index (χ4v) is 3.57. The first-order valence-corrected chi connectivity index (χ1v) is 8.54. The Hall–Kier alpha value is -0.940. The molecule has 1 aliphatic rings. The van der Waals surface area contributed by atoms with E-state index in [-0.39, 0.29) is 5.91 Å². The van der Waals surface area contributed by atoms with Gasteiger partial charge >= 0.3 is 0 Å². The number of hydrogen-bond donors (Lipinski definition) is 2. The highest BCUT2D eigenvalue weighted by atomic mass is 79.9. The first kappa shape index (κ1) is 16.4. The Balaban J connectivity index is 2.27. The third kappa shape index (κ3) is 3.46. The van der Waals surface area contributed by atoms with Gasteiger partial charge in [0.1, 0.15) is 0 Å². The van der Waals surface area contributed by atoms with Crippen molar-refractivity contribution in [3.63, 3.8) is 0 Å². The minimum atomic E-state index is -0.694. The number of halogens is 1. The second kappa shape index (κ2) is 6.88. The molecule has 1 aromatic rings. The van der Waals surface area contributed by atoms with Gasteiger partial charge in [-0.25, -0.2) is 0 Å². The molecule has 0 aromatic heterocycles. The number of anilines is 1. The molecular weight excluding hydrogens is 348 g/mol. The molecule has 0 saturated heterocycles. The molecule has 21 heavy (non-hydrogen) atoms. The molecule has 3 N–H and O–H groups in total. The van der Waals surface area contributed by atoms with Crippen LogP contribution in [0.1, 0.15) is 44.1 Å². The van der Waals surface area contributed by atoms with Gasteiger partial charge in [-0.05, 0) is 37.5 Å². The lowest BCUT2D eigenvalue weighted by atomic mass is 9.79. The number of carbonyl (C=O) groups excluding carboxylic acids is 1. The maximum Gasteiger partial charge on any atom is 0.237 e. The van der Waals surface area contributed by atoms with Crippen molar-refractivity contribution < 1.29 is 4.79 Å². The zero-order chi connectivity index (χ0) is 15.5. The molecule has 1 aromatic carbocycles. The van der Waals surface area contributed by atoms with Gasteiger partial charge in [-0.1, -0.05) is 59.9 Å². The van der Waals surface area contributed by atoms with E-state index in [1.54, 1.807) is 0 Å². The molecule has 0 unspecified atom stereocenters. The number of hydrogen-bond acceptors (Lipinski definition) is 2. The molecule has 0 radical (unpaired) electrons. The summed E-state index contributed by atoms with van der Waals surface area (Å²) < 4.78 is 0.977. The average molecular weight is 369 g/mol. The van der Waals surface area contributed by atoms with Gasteiger partial charge in [-0.15, -0.1) is 0 Å². The van der Waals surface area contributed by atoms with Crippen molar-refractivity contribution in [2.24, 2.45) is 11.1 Å². The minimum Gasteiger partial charge on any atom is -0.392 e. The fraction of sp³-hybridized carbons (Fsp3) is 0.500. The molecule has 1 amide bonds. The molecule has 2 rings (SSSR count). The number of thiocarbonyl (C=S) groups is 1. The predicted octanol–water partition coefficient (Wildman–Crippen LogP) is 4.32. The molecule has 0 aliphatic heterocycles. The molecule has 0 atom stereocenters. The summed E-state index contributed by atoms with van der Waals surface area (Å²) in [6.07, 6.45) is 5.80. The van der Waals surface area contributed by atoms with Crippen LogP contribution in [-0.2, 0) is 4.79 Å². The topological polar surface area (TPSA) is 55.1 Å². The standard InChI is InChI=1S/C16H21BrN2OS/c1-11-12(17)7-6-8-13(11)19-15(20)16(14(18)21)9-4-2-3-5-10-16/h6-8H,2-5,9-10H2,1H3,(H2,18,21)(H,19,20). The molecule has 0 bridgehead atoms. The van der Waals surface area contributed by atoms with Crippen LogP contribution in [0.2, 0.25) is 0 Å². The average Bonchev–Trinajstić information content (AvgIpc) is 2.70. The molecule has 5 heteroatoms. The summed E-state index contributed by atoms with van der Waals surface area (Å²) in [4.78, 5) is 13.2. The van der Waals surface area contributed by atoms with Gasteiger partial charge in [0.2, 0.25) is 5.91 Å². The predicted molar refractivity (Wildman–Crippen MR) is 94.4 cm³/mol. The van der Waals surface area contributed by atoms with Crippen LogP contribution >= 0.6 is 28.1 Å². The Morgan fingerprint density at radius 1 is 1.29 bits per heavy atom. The van der Waals surface area contributed by atoms with Crippen LogP contribution in [0, 0.1) is 12.3 Å². The Bertz CT molecular complexity index is 551. The normalized spacial score (nSPS) is 17.8. The van der Waals surface area contributed by atoms with E-state index in [1.807, 2.05) is 25.1 Å². The van der Waals surface area contributed by atoms with Crippen LogP contribution in [-0.4, -0.2) is 10.9 Å². The largest absolute Gasteiger partial charge is 0.392 e. The van der Waals surface area contributed by atoms with E-state index in [2.05, 4.69) is 21.2 Å². The number of nitrogens with one attached hydrogen (secondary N) is 1. The molecule has 1 aliphatic carbocycles. The third-order valence-electron chi connectivity index (χ3n) is 4.38. The van der Waals surface area contributed by atoms with Crippen LogP contribution in [0.15, 0.2) is 22.7 Å². The van der Waals surface area contributed by atoms with Gasteiger partial charge in [0.15, 0.2) is 0 Å². The summed E-state index contributed by atoms with van der Waals surface area (Å²) in [6.45, 7) is 1.97. The van der Waals surface area contributed by atoms with Crippen LogP contribution in [0.25, 0.3) is 0 Å². The lowest BCUT2D eigenvalue weighted by molar-refractivity contribution is -0.122. The zero-order valence-corrected chi connectivity index (χ0v) is 14.6. The summed E-state index contributed by atoms with van der Waals surface area (Å²) in [6, 6.07) is 5.77. The van der Waals surface area contributed by atoms with E-state index in [9.17, 15) is 4.79 Å². The Morgan fingerprint density at radius 3 is 2.48 bits per heavy atom. The molecule has 3 nitrogen and oxygen atoms in total. The van der Waals surface area contributed by atoms with E-state index in [4.69, 9.17) is 18.0 Å². The van der Waals surface area contributed by atoms with E-state index >= 15 is 0 Å². The van der Waals surface area contributed by atoms with Crippen molar-refractivity contribution in [1.29, 1.82) is 0 Å². The summed E-state index contributed by atoms with van der Waals surface area (Å²) in [7, 11) is 0. The molecule has 1 fully saturated rings. The maximum absolute atomic E-state index is 12.9. The summed E-state index contributed by atoms with van der Waals surface area (Å²) >= 11 is 8.73. The lowest BCUT2D eigenvalue weighted by Crippen LogP contribution is -2.45. The monoisotopic (exact) mass is 368 g/mol. The number of carbonyl (C=O) groups is 1. The fourth-order valence-electron chi connectivity index (χ4n) is 2.90. The number of nitrogens with two attached hydrogens (primary N) is 1. The lowest BCUT2D eigenvalue weighted by Gasteiger charge is -2.30. The quantitative estimate of drug-likeness (QED) is 0.616. The van der Waals surface area contributed by atoms with E-state index < -0.39 is 5.41 Å². The maximum atomic E-state index is 12.9. The van der Waals surface area contributed by atoms with Crippen molar-refractivity contribution in [2.75, 3.05) is 5.32 Å². The Kier molecular flexibility index (Phi) is 5.38. The molecular formula is C16H21BrN2OS. The van der Waals surface area contributed by atoms with Crippen molar-refractivity contribution in [1.82, 2.24) is 0 Å². The number of benzene rings is 1. The SMILES string of the molecule is Cc1c(Br)cccc1NC(=O)C1(C(N)=S)CCCCCC1. The van der Waals surface area contributed by atoms with Crippen LogP contribution in [0.5, 0.6) is 0 Å². The minimum absolute atomic E-state index is 0.0573. The van der Waals surface area contributed by atoms with Gasteiger partial charge < -0.3 is 11.1 Å². The van der Waals surface area contributed by atoms with Crippen LogP contribution in [0.3, 0.4) is 0 Å². The van der Waals surface area contributed by atoms with Crippen molar-refractivity contribution in [3.8, 4) is 0 Å². The first-order chi connectivity index (χ1) is 9.97. The summed E-state index contributed by atoms with van der Waals surface area (Å²) in [5, 5.41) is 3.03. The van der Waals surface area contributed by atoms with Gasteiger partial charge in [0, 0.05) is 10.2 Å². The van der Waals surface area contributed by atoms with E-state index in [0.29, 0.717) is 4.99 Å². The van der Waals surface area contributed by atoms with Gasteiger partial charge in [0.25, 0.3) is 0 Å². The molecule has 114 valence electrons. The molecule has 0 heterocycles. The first-order valence-electron chi connectivity index (χ1n) is 7.34. The highest BCUT2D eigenvalue weighted by Gasteiger charge is 2.41. The second-order valence-electron chi connectivity index (χ2n) is 5.73. The number of amides is 1. The Labute approximate surface area is 139 Å². The van der Waals surface area contributed by atoms with E-state index in [1.165, 1.54) is 0 Å². The smallest absolute Gasteiger partial charge is 0.237 e. The van der Waals surface area contributed by atoms with Gasteiger partial charge in [0.05, 0.1) is 10.4 Å². The molecule has 1 saturated carbocycles. The van der Waals surface area contributed by atoms with Gasteiger partial charge in [-0.3, -0.25) is 4.79 Å². The van der Waals surface area contributed by atoms with Crippen LogP contribution in [0.4, 0.5) is 5.69 Å². The zero-order valence-electron chi connectivity index (χ0n) is 12.2. The van der Waals surface area contributed by atoms with Crippen molar-refractivity contribution in [2.45, 2.75) is 45.4 Å². The van der Waals surface area contributed by atoms with Crippen molar-refractivity contribution >= 4 is 44.7 Å². The van der Waals surface area contributed by atoms with E-state index in [0.717, 1.165) is 54.2 Å². The highest BCUT2D eigenvalue weighted by molar-refractivity contribution is 9.10. The Morgan fingerprint density at radius 2 is 1.90 bits per heavy atom. The summed E-state index contributed by atoms with van der Waals surface area (Å²) in [5.74, 6) is -0.0573. The molecule has 0 spiro atoms.